The molecular weight excluding hydrogens is 390 g/mol. The summed E-state index contributed by atoms with van der Waals surface area (Å²) in [5.41, 5.74) is 6.82. The van der Waals surface area contributed by atoms with Gasteiger partial charge >= 0.3 is 10.4 Å². The van der Waals surface area contributed by atoms with Gasteiger partial charge in [-0.1, -0.05) is 4.33 Å². The standard InChI is InChI=1S/C13H17N3O8S2/c1-9-7-13(14)16(15-9)11-8-10(3-4-12(11)22-2)25(17,18)6-5-23-24-26(19,20)21/h3-4,7-8H,5-6,14H2,1-2H3,(H,19,20,21). The maximum absolute atomic E-state index is 12.4. The molecule has 11 nitrogen and oxygen atoms in total. The summed E-state index contributed by atoms with van der Waals surface area (Å²) in [4.78, 5) is 4.07. The Morgan fingerprint density at radius 3 is 2.46 bits per heavy atom. The van der Waals surface area contributed by atoms with Crippen LogP contribution in [0.15, 0.2) is 29.2 Å². The van der Waals surface area contributed by atoms with Gasteiger partial charge in [0.25, 0.3) is 0 Å². The molecule has 0 amide bonds. The third-order valence-corrected chi connectivity index (χ3v) is 5.11. The van der Waals surface area contributed by atoms with E-state index in [1.165, 1.54) is 30.0 Å². The Morgan fingerprint density at radius 2 is 1.92 bits per heavy atom. The van der Waals surface area contributed by atoms with E-state index in [2.05, 4.69) is 14.3 Å². The molecule has 0 radical (unpaired) electrons. The lowest BCUT2D eigenvalue weighted by atomic mass is 10.3. The van der Waals surface area contributed by atoms with Crippen molar-refractivity contribution in [2.24, 2.45) is 0 Å². The molecule has 0 fully saturated rings. The monoisotopic (exact) mass is 407 g/mol. The summed E-state index contributed by atoms with van der Waals surface area (Å²) in [5.74, 6) is 0.0481. The van der Waals surface area contributed by atoms with E-state index in [1.807, 2.05) is 0 Å². The zero-order chi connectivity index (χ0) is 19.5. The van der Waals surface area contributed by atoms with E-state index in [-0.39, 0.29) is 4.90 Å². The average Bonchev–Trinajstić information content (AvgIpc) is 2.88. The Kier molecular flexibility index (Phi) is 5.87. The number of benzene rings is 1. The maximum Gasteiger partial charge on any atom is 0.424 e. The van der Waals surface area contributed by atoms with Gasteiger partial charge in [0.15, 0.2) is 9.84 Å². The first kappa shape index (κ1) is 20.1. The normalized spacial score (nSPS) is 12.3. The summed E-state index contributed by atoms with van der Waals surface area (Å²) in [6.07, 6.45) is 0. The number of nitrogen functional groups attached to an aromatic ring is 1. The first-order valence-electron chi connectivity index (χ1n) is 7.05. The molecule has 0 saturated heterocycles. The fraction of sp³-hybridized carbons (Fsp3) is 0.308. The molecular formula is C13H17N3O8S2. The van der Waals surface area contributed by atoms with Gasteiger partial charge in [0.2, 0.25) is 0 Å². The molecule has 1 aromatic heterocycles. The first-order chi connectivity index (χ1) is 12.0. The molecule has 144 valence electrons. The van der Waals surface area contributed by atoms with E-state index >= 15 is 0 Å². The molecule has 2 aromatic rings. The summed E-state index contributed by atoms with van der Waals surface area (Å²) in [6, 6.07) is 5.68. The topological polar surface area (TPSA) is 160 Å². The molecule has 0 atom stereocenters. The van der Waals surface area contributed by atoms with Crippen molar-refractivity contribution in [3.63, 3.8) is 0 Å². The highest BCUT2D eigenvalue weighted by Crippen LogP contribution is 2.28. The van der Waals surface area contributed by atoms with Gasteiger partial charge in [-0.15, -0.1) is 0 Å². The summed E-state index contributed by atoms with van der Waals surface area (Å²) >= 11 is 0. The largest absolute Gasteiger partial charge is 0.494 e. The van der Waals surface area contributed by atoms with Crippen LogP contribution in [0.2, 0.25) is 0 Å². The van der Waals surface area contributed by atoms with Gasteiger partial charge in [0.1, 0.15) is 17.3 Å². The van der Waals surface area contributed by atoms with Crippen LogP contribution in [0, 0.1) is 6.92 Å². The minimum absolute atomic E-state index is 0.0868. The van der Waals surface area contributed by atoms with Gasteiger partial charge in [-0.3, -0.25) is 4.55 Å². The Hall–Kier alpha value is -2.19. The van der Waals surface area contributed by atoms with Crippen LogP contribution in [-0.2, 0) is 29.5 Å². The summed E-state index contributed by atoms with van der Waals surface area (Å²) in [6.45, 7) is 1.11. The first-order valence-corrected chi connectivity index (χ1v) is 10.1. The van der Waals surface area contributed by atoms with Gasteiger partial charge in [0, 0.05) is 6.07 Å². The van der Waals surface area contributed by atoms with Crippen molar-refractivity contribution in [1.29, 1.82) is 0 Å². The zero-order valence-electron chi connectivity index (χ0n) is 13.8. The number of hydrogen-bond acceptors (Lipinski definition) is 9. The number of aryl methyl sites for hydroxylation is 1. The number of nitrogens with two attached hydrogens (primary N) is 1. The number of hydrogen-bond donors (Lipinski definition) is 2. The predicted octanol–water partition coefficient (Wildman–Crippen LogP) is 0.296. The van der Waals surface area contributed by atoms with Crippen molar-refractivity contribution in [3.05, 3.63) is 30.0 Å². The average molecular weight is 407 g/mol. The highest BCUT2D eigenvalue weighted by atomic mass is 32.3. The Bertz CT molecular complexity index is 998. The number of ether oxygens (including phenoxy) is 1. The highest BCUT2D eigenvalue weighted by molar-refractivity contribution is 7.91. The van der Waals surface area contributed by atoms with Gasteiger partial charge < -0.3 is 10.5 Å². The van der Waals surface area contributed by atoms with Crippen molar-refractivity contribution in [1.82, 2.24) is 9.78 Å². The zero-order valence-corrected chi connectivity index (χ0v) is 15.4. The number of sulfone groups is 1. The van der Waals surface area contributed by atoms with Crippen molar-refractivity contribution >= 4 is 26.1 Å². The lowest BCUT2D eigenvalue weighted by molar-refractivity contribution is -0.202. The molecule has 0 aliphatic rings. The SMILES string of the molecule is COc1ccc(S(=O)(=O)CCOOS(=O)(=O)O)cc1-n1nc(C)cc1N. The quantitative estimate of drug-likeness (QED) is 0.269. The van der Waals surface area contributed by atoms with Crippen LogP contribution < -0.4 is 10.5 Å². The van der Waals surface area contributed by atoms with Crippen LogP contribution in [0.1, 0.15) is 5.69 Å². The van der Waals surface area contributed by atoms with Crippen molar-refractivity contribution in [3.8, 4) is 11.4 Å². The van der Waals surface area contributed by atoms with E-state index < -0.39 is 32.6 Å². The number of methoxy groups -OCH3 is 1. The number of aromatic nitrogens is 2. The minimum Gasteiger partial charge on any atom is -0.494 e. The summed E-state index contributed by atoms with van der Waals surface area (Å²) in [5, 5.41) is 4.19. The van der Waals surface area contributed by atoms with Crippen molar-refractivity contribution < 1.29 is 35.3 Å². The Labute approximate surface area is 150 Å². The van der Waals surface area contributed by atoms with Crippen molar-refractivity contribution in [2.45, 2.75) is 11.8 Å². The Morgan fingerprint density at radius 1 is 1.23 bits per heavy atom. The van der Waals surface area contributed by atoms with Crippen LogP contribution in [0.25, 0.3) is 5.69 Å². The fourth-order valence-corrected chi connectivity index (χ4v) is 3.38. The molecule has 0 aliphatic carbocycles. The molecule has 26 heavy (non-hydrogen) atoms. The maximum atomic E-state index is 12.4. The van der Waals surface area contributed by atoms with Gasteiger partial charge in [-0.2, -0.15) is 13.5 Å². The number of nitrogens with zero attached hydrogens (tertiary/aromatic N) is 2. The summed E-state index contributed by atoms with van der Waals surface area (Å²) < 4.78 is 64.0. The van der Waals surface area contributed by atoms with Gasteiger partial charge in [-0.25, -0.2) is 18.0 Å². The summed E-state index contributed by atoms with van der Waals surface area (Å²) in [7, 11) is -7.26. The van der Waals surface area contributed by atoms with Gasteiger partial charge in [-0.05, 0) is 25.1 Å². The highest BCUT2D eigenvalue weighted by Gasteiger charge is 2.20. The second-order valence-corrected chi connectivity index (χ2v) is 8.19. The van der Waals surface area contributed by atoms with Crippen LogP contribution in [-0.4, -0.2) is 50.6 Å². The molecule has 3 N–H and O–H groups in total. The molecule has 0 saturated carbocycles. The van der Waals surface area contributed by atoms with E-state index in [9.17, 15) is 16.8 Å². The molecule has 0 bridgehead atoms. The second kappa shape index (κ2) is 7.59. The van der Waals surface area contributed by atoms with E-state index in [0.717, 1.165) is 0 Å². The van der Waals surface area contributed by atoms with E-state index in [0.29, 0.717) is 22.9 Å². The number of anilines is 1. The lowest BCUT2D eigenvalue weighted by Gasteiger charge is -2.12. The van der Waals surface area contributed by atoms with Crippen LogP contribution in [0.5, 0.6) is 5.75 Å². The smallest absolute Gasteiger partial charge is 0.424 e. The molecule has 2 rings (SSSR count). The molecule has 0 spiro atoms. The number of rotatable bonds is 8. The molecule has 13 heteroatoms. The van der Waals surface area contributed by atoms with Gasteiger partial charge in [0.05, 0.1) is 30.1 Å². The van der Waals surface area contributed by atoms with E-state index in [1.54, 1.807) is 13.0 Å². The predicted molar refractivity (Wildman–Crippen MR) is 89.9 cm³/mol. The third-order valence-electron chi connectivity index (χ3n) is 3.17. The third kappa shape index (κ3) is 4.92. The minimum atomic E-state index is -4.82. The van der Waals surface area contributed by atoms with E-state index in [4.69, 9.17) is 15.0 Å². The lowest BCUT2D eigenvalue weighted by Crippen LogP contribution is -2.15. The van der Waals surface area contributed by atoms with Crippen LogP contribution in [0.4, 0.5) is 5.82 Å². The molecule has 1 heterocycles. The van der Waals surface area contributed by atoms with Crippen molar-refractivity contribution in [2.75, 3.05) is 25.2 Å². The molecule has 0 aliphatic heterocycles. The Balaban J connectivity index is 2.29. The molecule has 1 aromatic carbocycles. The second-order valence-electron chi connectivity index (χ2n) is 5.09. The fourth-order valence-electron chi connectivity index (χ4n) is 2.10. The molecule has 0 unspecified atom stereocenters. The van der Waals surface area contributed by atoms with Crippen LogP contribution in [0.3, 0.4) is 0 Å². The van der Waals surface area contributed by atoms with Crippen LogP contribution >= 0.6 is 0 Å².